The summed E-state index contributed by atoms with van der Waals surface area (Å²) in [6.45, 7) is 2.68. The molecule has 0 radical (unpaired) electrons. The fraction of sp³-hybridized carbons (Fsp3) is 0.273. The van der Waals surface area contributed by atoms with Gasteiger partial charge in [0.15, 0.2) is 11.6 Å². The Kier molecular flexibility index (Phi) is 5.26. The van der Waals surface area contributed by atoms with E-state index in [0.29, 0.717) is 36.4 Å². The van der Waals surface area contributed by atoms with Crippen molar-refractivity contribution in [3.63, 3.8) is 0 Å². The van der Waals surface area contributed by atoms with E-state index in [0.717, 1.165) is 16.5 Å². The summed E-state index contributed by atoms with van der Waals surface area (Å²) in [6.07, 6.45) is 2.61. The Bertz CT molecular complexity index is 1090. The molecule has 2 aromatic carbocycles. The lowest BCUT2D eigenvalue weighted by Gasteiger charge is -2.28. The SMILES string of the molecule is CC(=O)c1cccc2c1OB(O)[C@@H](CC(=O)c1ccc3ccn(CCN)c3c1)C2. The topological polar surface area (TPSA) is 94.5 Å². The highest BCUT2D eigenvalue weighted by molar-refractivity contribution is 6.47. The minimum absolute atomic E-state index is 0.0498. The molecule has 0 saturated heterocycles. The molecule has 6 nitrogen and oxygen atoms in total. The van der Waals surface area contributed by atoms with Gasteiger partial charge in [-0.05, 0) is 42.5 Å². The van der Waals surface area contributed by atoms with Crippen LogP contribution in [-0.4, -0.2) is 34.8 Å². The number of nitrogens with zero attached hydrogens (tertiary/aromatic N) is 1. The van der Waals surface area contributed by atoms with E-state index in [2.05, 4.69) is 0 Å². The summed E-state index contributed by atoms with van der Waals surface area (Å²) >= 11 is 0. The van der Waals surface area contributed by atoms with Crippen molar-refractivity contribution in [2.45, 2.75) is 32.1 Å². The maximum Gasteiger partial charge on any atom is 0.526 e. The lowest BCUT2D eigenvalue weighted by molar-refractivity contribution is 0.0971. The van der Waals surface area contributed by atoms with Crippen molar-refractivity contribution >= 4 is 29.6 Å². The number of carbonyl (C=O) groups is 2. The van der Waals surface area contributed by atoms with Crippen LogP contribution >= 0.6 is 0 Å². The van der Waals surface area contributed by atoms with Gasteiger partial charge in [0.2, 0.25) is 0 Å². The first-order valence-electron chi connectivity index (χ1n) is 9.77. The average molecular weight is 390 g/mol. The highest BCUT2D eigenvalue weighted by Crippen LogP contribution is 2.37. The lowest BCUT2D eigenvalue weighted by Crippen LogP contribution is -2.35. The Morgan fingerprint density at radius 3 is 2.86 bits per heavy atom. The van der Waals surface area contributed by atoms with Crippen LogP contribution in [0.3, 0.4) is 0 Å². The van der Waals surface area contributed by atoms with Gasteiger partial charge < -0.3 is 20.0 Å². The first-order valence-corrected chi connectivity index (χ1v) is 9.77. The van der Waals surface area contributed by atoms with Crippen molar-refractivity contribution in [1.82, 2.24) is 4.57 Å². The molecule has 0 amide bonds. The van der Waals surface area contributed by atoms with E-state index in [-0.39, 0.29) is 23.8 Å². The minimum atomic E-state index is -1.13. The van der Waals surface area contributed by atoms with Crippen molar-refractivity contribution in [2.75, 3.05) is 6.54 Å². The molecule has 2 heterocycles. The van der Waals surface area contributed by atoms with Crippen molar-refractivity contribution in [1.29, 1.82) is 0 Å². The van der Waals surface area contributed by atoms with Crippen LogP contribution in [0.2, 0.25) is 5.82 Å². The fourth-order valence-corrected chi connectivity index (χ4v) is 3.98. The molecule has 1 aliphatic rings. The molecule has 3 aromatic rings. The summed E-state index contributed by atoms with van der Waals surface area (Å²) in [5, 5.41) is 11.5. The van der Waals surface area contributed by atoms with Crippen molar-refractivity contribution in [3.05, 3.63) is 65.4 Å². The quantitative estimate of drug-likeness (QED) is 0.499. The van der Waals surface area contributed by atoms with E-state index < -0.39 is 7.12 Å². The number of hydrogen-bond donors (Lipinski definition) is 2. The van der Waals surface area contributed by atoms with Gasteiger partial charge in [0.25, 0.3) is 0 Å². The summed E-state index contributed by atoms with van der Waals surface area (Å²) in [6, 6.07) is 13.0. The van der Waals surface area contributed by atoms with E-state index in [1.807, 2.05) is 41.1 Å². The average Bonchev–Trinajstić information content (AvgIpc) is 3.10. The van der Waals surface area contributed by atoms with Crippen LogP contribution in [0.25, 0.3) is 10.9 Å². The minimum Gasteiger partial charge on any atom is -0.535 e. The zero-order valence-electron chi connectivity index (χ0n) is 16.3. The molecule has 0 aliphatic carbocycles. The smallest absolute Gasteiger partial charge is 0.526 e. The van der Waals surface area contributed by atoms with Gasteiger partial charge in [-0.1, -0.05) is 24.3 Å². The normalized spacial score (nSPS) is 15.8. The number of Topliss-reactive ketones (excluding diaryl/α,β-unsaturated/α-hetero) is 2. The second-order valence-electron chi connectivity index (χ2n) is 7.52. The van der Waals surface area contributed by atoms with Gasteiger partial charge >= 0.3 is 7.12 Å². The predicted octanol–water partition coefficient (Wildman–Crippen LogP) is 2.86. The number of para-hydroxylation sites is 1. The first kappa shape index (κ1) is 19.4. The van der Waals surface area contributed by atoms with E-state index in [1.54, 1.807) is 12.1 Å². The molecule has 7 heteroatoms. The van der Waals surface area contributed by atoms with Crippen molar-refractivity contribution < 1.29 is 19.3 Å². The number of benzene rings is 2. The molecule has 0 saturated carbocycles. The number of nitrogens with two attached hydrogens (primary N) is 1. The third-order valence-electron chi connectivity index (χ3n) is 5.51. The Hall–Kier alpha value is -2.90. The van der Waals surface area contributed by atoms with Crippen LogP contribution < -0.4 is 10.4 Å². The van der Waals surface area contributed by atoms with Gasteiger partial charge in [-0.3, -0.25) is 9.59 Å². The Morgan fingerprint density at radius 2 is 2.10 bits per heavy atom. The van der Waals surface area contributed by atoms with E-state index in [1.165, 1.54) is 6.92 Å². The number of carbonyl (C=O) groups excluding carboxylic acids is 2. The van der Waals surface area contributed by atoms with Gasteiger partial charge in [0, 0.05) is 42.6 Å². The number of hydrogen-bond acceptors (Lipinski definition) is 5. The zero-order chi connectivity index (χ0) is 20.5. The molecule has 0 spiro atoms. The molecule has 4 rings (SSSR count). The molecule has 0 unspecified atom stereocenters. The van der Waals surface area contributed by atoms with Crippen LogP contribution in [0.4, 0.5) is 0 Å². The summed E-state index contributed by atoms with van der Waals surface area (Å²) in [5.74, 6) is -0.107. The number of ketones is 2. The van der Waals surface area contributed by atoms with Crippen molar-refractivity contribution in [3.8, 4) is 5.75 Å². The molecule has 148 valence electrons. The Balaban J connectivity index is 1.56. The van der Waals surface area contributed by atoms with Gasteiger partial charge in [0.1, 0.15) is 5.75 Å². The maximum absolute atomic E-state index is 12.9. The molecular weight excluding hydrogens is 367 g/mol. The van der Waals surface area contributed by atoms with Crippen LogP contribution in [0.1, 0.15) is 39.6 Å². The maximum atomic E-state index is 12.9. The summed E-state index contributed by atoms with van der Waals surface area (Å²) in [5.41, 5.74) is 8.53. The number of rotatable bonds is 6. The molecule has 29 heavy (non-hydrogen) atoms. The molecule has 1 aromatic heterocycles. The van der Waals surface area contributed by atoms with E-state index >= 15 is 0 Å². The van der Waals surface area contributed by atoms with E-state index in [9.17, 15) is 14.6 Å². The standard InChI is InChI=1S/C22H23BN2O4/c1-14(26)19-4-2-3-17-11-18(23(28)29-22(17)19)13-21(27)16-6-5-15-7-9-25(10-8-24)20(15)12-16/h2-7,9,12,18,28H,8,10-11,13,24H2,1H3/t18-/m1/s1. The fourth-order valence-electron chi connectivity index (χ4n) is 3.98. The van der Waals surface area contributed by atoms with Gasteiger partial charge in [-0.25, -0.2) is 0 Å². The largest absolute Gasteiger partial charge is 0.535 e. The molecule has 0 bridgehead atoms. The van der Waals surface area contributed by atoms with Gasteiger partial charge in [0.05, 0.1) is 5.56 Å². The summed E-state index contributed by atoms with van der Waals surface area (Å²) in [4.78, 5) is 24.7. The van der Waals surface area contributed by atoms with Crippen LogP contribution in [0.5, 0.6) is 5.75 Å². The number of aromatic nitrogens is 1. The third-order valence-corrected chi connectivity index (χ3v) is 5.51. The second kappa shape index (κ2) is 7.85. The van der Waals surface area contributed by atoms with E-state index in [4.69, 9.17) is 10.4 Å². The Labute approximate surface area is 169 Å². The molecular formula is C22H23BN2O4. The molecule has 1 atom stereocenters. The zero-order valence-corrected chi connectivity index (χ0v) is 16.3. The predicted molar refractivity (Wildman–Crippen MR) is 112 cm³/mol. The van der Waals surface area contributed by atoms with Crippen LogP contribution in [-0.2, 0) is 13.0 Å². The monoisotopic (exact) mass is 390 g/mol. The third kappa shape index (κ3) is 3.71. The molecule has 1 aliphatic heterocycles. The van der Waals surface area contributed by atoms with Gasteiger partial charge in [-0.2, -0.15) is 0 Å². The van der Waals surface area contributed by atoms with Crippen LogP contribution in [0, 0.1) is 0 Å². The van der Waals surface area contributed by atoms with Crippen LogP contribution in [0.15, 0.2) is 48.7 Å². The lowest BCUT2D eigenvalue weighted by atomic mass is 9.64. The second-order valence-corrected chi connectivity index (χ2v) is 7.52. The van der Waals surface area contributed by atoms with Gasteiger partial charge in [-0.15, -0.1) is 0 Å². The summed E-state index contributed by atoms with van der Waals surface area (Å²) in [7, 11) is -1.13. The molecule has 3 N–H and O–H groups in total. The molecule has 0 fully saturated rings. The summed E-state index contributed by atoms with van der Waals surface area (Å²) < 4.78 is 7.68. The number of fused-ring (bicyclic) bond motifs is 2. The first-order chi connectivity index (χ1) is 14.0. The highest BCUT2D eigenvalue weighted by Gasteiger charge is 2.37. The van der Waals surface area contributed by atoms with Crippen molar-refractivity contribution in [2.24, 2.45) is 5.73 Å². The Morgan fingerprint density at radius 1 is 1.28 bits per heavy atom. The highest BCUT2D eigenvalue weighted by atomic mass is 16.5.